The highest BCUT2D eigenvalue weighted by Gasteiger charge is 2.23. The van der Waals surface area contributed by atoms with Crippen LogP contribution < -0.4 is 10.6 Å². The van der Waals surface area contributed by atoms with Gasteiger partial charge in [0.05, 0.1) is 22.7 Å². The molecule has 114 valence electrons. The fourth-order valence-electron chi connectivity index (χ4n) is 2.23. The summed E-state index contributed by atoms with van der Waals surface area (Å²) in [5.74, 6) is -1.14. The summed E-state index contributed by atoms with van der Waals surface area (Å²) in [6, 6.07) is 3.78. The zero-order chi connectivity index (χ0) is 15.4. The van der Waals surface area contributed by atoms with Crippen LogP contribution in [0.4, 0.5) is 10.5 Å². The molecule has 21 heavy (non-hydrogen) atoms. The van der Waals surface area contributed by atoms with Gasteiger partial charge in [-0.2, -0.15) is 0 Å². The van der Waals surface area contributed by atoms with E-state index in [1.54, 1.807) is 6.07 Å². The molecule has 1 fully saturated rings. The number of hydrogen-bond donors (Lipinski definition) is 3. The Hall–Kier alpha value is -1.79. The second-order valence-electron chi connectivity index (χ2n) is 4.94. The number of amides is 2. The van der Waals surface area contributed by atoms with Crippen LogP contribution in [0.2, 0.25) is 5.02 Å². The molecule has 0 aromatic heterocycles. The fourth-order valence-corrected chi connectivity index (χ4v) is 2.43. The Bertz CT molecular complexity index is 544. The van der Waals surface area contributed by atoms with Crippen molar-refractivity contribution in [3.63, 3.8) is 0 Å². The van der Waals surface area contributed by atoms with Crippen molar-refractivity contribution < 1.29 is 19.4 Å². The van der Waals surface area contributed by atoms with Gasteiger partial charge < -0.3 is 20.5 Å². The molecule has 2 rings (SSSR count). The van der Waals surface area contributed by atoms with Crippen LogP contribution in [0, 0.1) is 0 Å². The van der Waals surface area contributed by atoms with E-state index in [0.717, 1.165) is 19.4 Å². The molecule has 1 heterocycles. The van der Waals surface area contributed by atoms with Crippen LogP contribution in [0.5, 0.6) is 0 Å². The van der Waals surface area contributed by atoms with Crippen molar-refractivity contribution in [3.8, 4) is 0 Å². The first kappa shape index (κ1) is 15.6. The first-order valence-corrected chi connectivity index (χ1v) is 7.07. The zero-order valence-electron chi connectivity index (χ0n) is 11.6. The van der Waals surface area contributed by atoms with Crippen molar-refractivity contribution in [1.82, 2.24) is 5.32 Å². The van der Waals surface area contributed by atoms with E-state index in [4.69, 9.17) is 21.4 Å². The first-order valence-electron chi connectivity index (χ1n) is 6.69. The number of carboxylic acid groups (broad SMARTS) is 1. The minimum atomic E-state index is -1.14. The molecule has 1 aliphatic rings. The van der Waals surface area contributed by atoms with Crippen LogP contribution >= 0.6 is 11.6 Å². The molecule has 2 amide bonds. The molecule has 3 N–H and O–H groups in total. The maximum Gasteiger partial charge on any atom is 0.337 e. The fraction of sp³-hybridized carbons (Fsp3) is 0.429. The molecule has 1 aromatic carbocycles. The largest absolute Gasteiger partial charge is 0.478 e. The van der Waals surface area contributed by atoms with Crippen molar-refractivity contribution >= 4 is 29.3 Å². The lowest BCUT2D eigenvalue weighted by Gasteiger charge is -2.20. The van der Waals surface area contributed by atoms with Gasteiger partial charge in [-0.1, -0.05) is 11.6 Å². The number of nitrogens with one attached hydrogen (secondary N) is 2. The number of benzene rings is 1. The van der Waals surface area contributed by atoms with Gasteiger partial charge >= 0.3 is 12.0 Å². The van der Waals surface area contributed by atoms with E-state index in [-0.39, 0.29) is 22.7 Å². The summed E-state index contributed by atoms with van der Waals surface area (Å²) in [5, 5.41) is 14.5. The van der Waals surface area contributed by atoms with Crippen LogP contribution in [-0.2, 0) is 4.74 Å². The van der Waals surface area contributed by atoms with E-state index in [0.29, 0.717) is 5.69 Å². The van der Waals surface area contributed by atoms with E-state index >= 15 is 0 Å². The first-order chi connectivity index (χ1) is 9.97. The number of carbonyl (C=O) groups excluding carboxylic acids is 1. The Morgan fingerprint density at radius 2 is 2.24 bits per heavy atom. The zero-order valence-corrected chi connectivity index (χ0v) is 12.3. The Kier molecular flexibility index (Phi) is 5.03. The van der Waals surface area contributed by atoms with Crippen LogP contribution in [0.1, 0.15) is 30.1 Å². The molecule has 0 radical (unpaired) electrons. The van der Waals surface area contributed by atoms with Crippen molar-refractivity contribution in [2.24, 2.45) is 0 Å². The van der Waals surface area contributed by atoms with Crippen LogP contribution in [0.3, 0.4) is 0 Å². The Morgan fingerprint density at radius 3 is 2.86 bits per heavy atom. The van der Waals surface area contributed by atoms with Gasteiger partial charge in [0, 0.05) is 12.3 Å². The van der Waals surface area contributed by atoms with Gasteiger partial charge in [-0.05, 0) is 38.0 Å². The van der Waals surface area contributed by atoms with Gasteiger partial charge in [-0.3, -0.25) is 0 Å². The maximum atomic E-state index is 11.9. The third-order valence-electron chi connectivity index (χ3n) is 3.34. The third-order valence-corrected chi connectivity index (χ3v) is 3.67. The minimum absolute atomic E-state index is 0.0237. The second-order valence-corrected chi connectivity index (χ2v) is 5.35. The van der Waals surface area contributed by atoms with Crippen molar-refractivity contribution in [2.45, 2.75) is 31.9 Å². The number of carbonyl (C=O) groups is 2. The summed E-state index contributed by atoms with van der Waals surface area (Å²) >= 11 is 5.77. The van der Waals surface area contributed by atoms with Gasteiger partial charge in [0.25, 0.3) is 0 Å². The van der Waals surface area contributed by atoms with Crippen LogP contribution in [-0.4, -0.2) is 35.9 Å². The highest BCUT2D eigenvalue weighted by molar-refractivity contribution is 6.33. The molecular weight excluding hydrogens is 296 g/mol. The van der Waals surface area contributed by atoms with Crippen molar-refractivity contribution in [2.75, 3.05) is 11.9 Å². The van der Waals surface area contributed by atoms with Crippen molar-refractivity contribution in [1.29, 1.82) is 0 Å². The average Bonchev–Trinajstić information content (AvgIpc) is 2.94. The summed E-state index contributed by atoms with van der Waals surface area (Å²) in [7, 11) is 0. The Balaban J connectivity index is 1.96. The second kappa shape index (κ2) is 6.78. The maximum absolute atomic E-state index is 11.9. The SMILES string of the molecule is CC(NC(=O)Nc1ccc(Cl)c(C(=O)O)c1)C1CCCO1. The highest BCUT2D eigenvalue weighted by atomic mass is 35.5. The number of aromatic carboxylic acids is 1. The quantitative estimate of drug-likeness (QED) is 0.797. The number of anilines is 1. The van der Waals surface area contributed by atoms with E-state index < -0.39 is 12.0 Å². The van der Waals surface area contributed by atoms with E-state index in [9.17, 15) is 9.59 Å². The van der Waals surface area contributed by atoms with Gasteiger partial charge in [0.2, 0.25) is 0 Å². The standard InChI is InChI=1S/C14H17ClN2O4/c1-8(12-3-2-6-21-12)16-14(20)17-9-4-5-11(15)10(7-9)13(18)19/h4-5,7-8,12H,2-3,6H2,1H3,(H,18,19)(H2,16,17,20). The Morgan fingerprint density at radius 1 is 1.48 bits per heavy atom. The van der Waals surface area contributed by atoms with E-state index in [1.165, 1.54) is 12.1 Å². The lowest BCUT2D eigenvalue weighted by Crippen LogP contribution is -2.43. The van der Waals surface area contributed by atoms with Gasteiger partial charge in [0.15, 0.2) is 0 Å². The highest BCUT2D eigenvalue weighted by Crippen LogP contribution is 2.21. The summed E-state index contributed by atoms with van der Waals surface area (Å²) < 4.78 is 5.49. The monoisotopic (exact) mass is 312 g/mol. The number of carboxylic acids is 1. The normalized spacial score (nSPS) is 19.0. The van der Waals surface area contributed by atoms with E-state index in [2.05, 4.69) is 10.6 Å². The molecular formula is C14H17ClN2O4. The third kappa shape index (κ3) is 4.09. The molecule has 0 aliphatic carbocycles. The van der Waals surface area contributed by atoms with Crippen LogP contribution in [0.15, 0.2) is 18.2 Å². The van der Waals surface area contributed by atoms with Gasteiger partial charge in [-0.15, -0.1) is 0 Å². The number of urea groups is 1. The average molecular weight is 313 g/mol. The number of ether oxygens (including phenoxy) is 1. The molecule has 6 nitrogen and oxygen atoms in total. The minimum Gasteiger partial charge on any atom is -0.478 e. The van der Waals surface area contributed by atoms with Gasteiger partial charge in [0.1, 0.15) is 0 Å². The molecule has 2 atom stereocenters. The summed E-state index contributed by atoms with van der Waals surface area (Å²) in [6.07, 6.45) is 1.94. The molecule has 0 bridgehead atoms. The molecule has 0 spiro atoms. The molecule has 1 aliphatic heterocycles. The smallest absolute Gasteiger partial charge is 0.337 e. The molecule has 0 saturated carbocycles. The lowest BCUT2D eigenvalue weighted by molar-refractivity contribution is 0.0697. The molecule has 1 aromatic rings. The predicted molar refractivity (Wildman–Crippen MR) is 79.0 cm³/mol. The van der Waals surface area contributed by atoms with Crippen molar-refractivity contribution in [3.05, 3.63) is 28.8 Å². The number of hydrogen-bond acceptors (Lipinski definition) is 3. The van der Waals surface area contributed by atoms with E-state index in [1.807, 2.05) is 6.92 Å². The van der Waals surface area contributed by atoms with Crippen LogP contribution in [0.25, 0.3) is 0 Å². The number of halogens is 1. The molecule has 2 unspecified atom stereocenters. The summed E-state index contributed by atoms with van der Waals surface area (Å²) in [5.41, 5.74) is 0.315. The lowest BCUT2D eigenvalue weighted by atomic mass is 10.1. The summed E-state index contributed by atoms with van der Waals surface area (Å²) in [6.45, 7) is 2.59. The Labute approximate surface area is 127 Å². The molecule has 7 heteroatoms. The summed E-state index contributed by atoms with van der Waals surface area (Å²) in [4.78, 5) is 22.9. The van der Waals surface area contributed by atoms with Gasteiger partial charge in [-0.25, -0.2) is 9.59 Å². The number of rotatable bonds is 4. The predicted octanol–water partition coefficient (Wildman–Crippen LogP) is 2.73. The topological polar surface area (TPSA) is 87.7 Å². The molecule has 1 saturated heterocycles.